The Hall–Kier alpha value is -3.48. The Labute approximate surface area is 228 Å². The van der Waals surface area contributed by atoms with Gasteiger partial charge in [-0.25, -0.2) is 0 Å². The molecule has 3 aromatic carbocycles. The van der Waals surface area contributed by atoms with Crippen LogP contribution in [0, 0.1) is 15.5 Å². The number of dihydropyridines is 1. The lowest BCUT2D eigenvalue weighted by Gasteiger charge is -2.40. The van der Waals surface area contributed by atoms with Gasteiger partial charge < -0.3 is 5.32 Å². The summed E-state index contributed by atoms with van der Waals surface area (Å²) in [4.78, 5) is 24.8. The summed E-state index contributed by atoms with van der Waals surface area (Å²) in [6, 6.07) is 22.0. The fraction of sp³-hybridized carbons (Fsp3) is 0.167. The summed E-state index contributed by atoms with van der Waals surface area (Å²) in [5.74, 6) is -0.254. The number of hydrogen-bond acceptors (Lipinski definition) is 4. The van der Waals surface area contributed by atoms with E-state index in [1.807, 2.05) is 54.6 Å². The van der Waals surface area contributed by atoms with Crippen LogP contribution < -0.4 is 5.32 Å². The lowest BCUT2D eigenvalue weighted by Crippen LogP contribution is -2.37. The lowest BCUT2D eigenvalue weighted by molar-refractivity contribution is -0.384. The first-order valence-corrected chi connectivity index (χ1v) is 13.0. The standard InChI is InChI=1S/C30H24BrClN2O3/c1-30(2)17-27-28(29(35)25(30)15-18-3-13-23(14-4-18)34(36)37)24(19-5-9-21(31)10-6-19)16-26(33-27)20-7-11-22(32)12-8-20/h3-16,24,33H,17H2,1-2H3/b25-15+. The number of non-ortho nitro benzene ring substituents is 1. The van der Waals surface area contributed by atoms with E-state index in [4.69, 9.17) is 11.6 Å². The average molecular weight is 576 g/mol. The number of Topliss-reactive ketones (excluding diaryl/α,β-unsaturated/α-hetero) is 1. The van der Waals surface area contributed by atoms with Gasteiger partial charge in [-0.05, 0) is 77.1 Å². The second-order valence-corrected chi connectivity index (χ2v) is 11.3. The number of carbonyl (C=O) groups is 1. The van der Waals surface area contributed by atoms with Crippen molar-refractivity contribution in [1.29, 1.82) is 0 Å². The van der Waals surface area contributed by atoms with Crippen LogP contribution in [0.4, 0.5) is 5.69 Å². The third-order valence-corrected chi connectivity index (χ3v) is 7.67. The van der Waals surface area contributed by atoms with Crippen LogP contribution in [0.25, 0.3) is 11.8 Å². The maximum atomic E-state index is 14.2. The van der Waals surface area contributed by atoms with Crippen molar-refractivity contribution in [3.63, 3.8) is 0 Å². The van der Waals surface area contributed by atoms with Crippen LogP contribution in [0.2, 0.25) is 5.02 Å². The van der Waals surface area contributed by atoms with Crippen LogP contribution in [-0.4, -0.2) is 10.7 Å². The number of nitro groups is 1. The Morgan fingerprint density at radius 3 is 2.30 bits per heavy atom. The highest BCUT2D eigenvalue weighted by Gasteiger charge is 2.42. The molecule has 1 N–H and O–H groups in total. The van der Waals surface area contributed by atoms with Crippen molar-refractivity contribution in [1.82, 2.24) is 5.32 Å². The molecular weight excluding hydrogens is 552 g/mol. The SMILES string of the molecule is CC1(C)CC2=C(C(=O)/C1=C\c1ccc([N+](=O)[O-])cc1)C(c1ccc(Br)cc1)C=C(c1ccc(Cl)cc1)N2. The summed E-state index contributed by atoms with van der Waals surface area (Å²) in [5.41, 5.74) is 5.62. The molecule has 1 unspecified atom stereocenters. The van der Waals surface area contributed by atoms with Crippen molar-refractivity contribution in [2.45, 2.75) is 26.2 Å². The minimum absolute atomic E-state index is 0.0172. The molecule has 7 heteroatoms. The monoisotopic (exact) mass is 574 g/mol. The molecule has 1 heterocycles. The largest absolute Gasteiger partial charge is 0.358 e. The topological polar surface area (TPSA) is 72.2 Å². The molecule has 0 saturated carbocycles. The molecular formula is C30H24BrClN2O3. The molecule has 3 aromatic rings. The van der Waals surface area contributed by atoms with Gasteiger partial charge in [-0.3, -0.25) is 14.9 Å². The fourth-order valence-electron chi connectivity index (χ4n) is 4.97. The highest BCUT2D eigenvalue weighted by Crippen LogP contribution is 2.48. The number of rotatable bonds is 4. The van der Waals surface area contributed by atoms with E-state index in [2.05, 4.69) is 41.2 Å². The van der Waals surface area contributed by atoms with Crippen LogP contribution in [0.15, 0.2) is 100 Å². The Morgan fingerprint density at radius 1 is 1.03 bits per heavy atom. The molecule has 186 valence electrons. The second-order valence-electron chi connectivity index (χ2n) is 9.93. The van der Waals surface area contributed by atoms with Crippen LogP contribution in [0.3, 0.4) is 0 Å². The van der Waals surface area contributed by atoms with Gasteiger partial charge in [0.2, 0.25) is 0 Å². The number of ketones is 1. The molecule has 1 aliphatic heterocycles. The first kappa shape index (κ1) is 25.2. The third kappa shape index (κ3) is 5.04. The van der Waals surface area contributed by atoms with Gasteiger partial charge in [0.15, 0.2) is 5.78 Å². The van der Waals surface area contributed by atoms with Gasteiger partial charge in [0.25, 0.3) is 5.69 Å². The number of carbonyl (C=O) groups excluding carboxylic acids is 1. The van der Waals surface area contributed by atoms with Crippen LogP contribution in [0.1, 0.15) is 42.9 Å². The summed E-state index contributed by atoms with van der Waals surface area (Å²) in [5, 5.41) is 15.3. The van der Waals surface area contributed by atoms with E-state index in [0.717, 1.165) is 38.1 Å². The van der Waals surface area contributed by atoms with E-state index in [0.29, 0.717) is 17.0 Å². The van der Waals surface area contributed by atoms with Crippen molar-refractivity contribution < 1.29 is 9.72 Å². The summed E-state index contributed by atoms with van der Waals surface area (Å²) in [6.45, 7) is 4.12. The molecule has 0 saturated heterocycles. The van der Waals surface area contributed by atoms with Crippen molar-refractivity contribution in [3.8, 4) is 0 Å². The van der Waals surface area contributed by atoms with Gasteiger partial charge in [0, 0.05) is 50.1 Å². The molecule has 1 aliphatic carbocycles. The van der Waals surface area contributed by atoms with Crippen LogP contribution in [-0.2, 0) is 4.79 Å². The molecule has 0 spiro atoms. The smallest absolute Gasteiger partial charge is 0.269 e. The molecule has 5 rings (SSSR count). The Balaban J connectivity index is 1.60. The number of nitro benzene ring substituents is 1. The zero-order valence-corrected chi connectivity index (χ0v) is 22.6. The van der Waals surface area contributed by atoms with Gasteiger partial charge in [-0.1, -0.05) is 65.6 Å². The molecule has 5 nitrogen and oxygen atoms in total. The van der Waals surface area contributed by atoms with Crippen LogP contribution in [0.5, 0.6) is 0 Å². The zero-order valence-electron chi connectivity index (χ0n) is 20.3. The maximum absolute atomic E-state index is 14.2. The molecule has 0 radical (unpaired) electrons. The van der Waals surface area contributed by atoms with E-state index < -0.39 is 10.3 Å². The summed E-state index contributed by atoms with van der Waals surface area (Å²) < 4.78 is 0.969. The lowest BCUT2D eigenvalue weighted by atomic mass is 9.67. The summed E-state index contributed by atoms with van der Waals surface area (Å²) in [6.07, 6.45) is 4.61. The Bertz CT molecular complexity index is 1490. The van der Waals surface area contributed by atoms with E-state index in [9.17, 15) is 14.9 Å². The van der Waals surface area contributed by atoms with Gasteiger partial charge in [0.05, 0.1) is 4.92 Å². The van der Waals surface area contributed by atoms with Crippen LogP contribution >= 0.6 is 27.5 Å². The van der Waals surface area contributed by atoms with Gasteiger partial charge in [-0.2, -0.15) is 0 Å². The predicted octanol–water partition coefficient (Wildman–Crippen LogP) is 8.08. The van der Waals surface area contributed by atoms with Gasteiger partial charge >= 0.3 is 0 Å². The highest BCUT2D eigenvalue weighted by atomic mass is 79.9. The van der Waals surface area contributed by atoms with Crippen molar-refractivity contribution >= 4 is 50.8 Å². The summed E-state index contributed by atoms with van der Waals surface area (Å²) in [7, 11) is 0. The van der Waals surface area contributed by atoms with E-state index >= 15 is 0 Å². The molecule has 0 aromatic heterocycles. The minimum atomic E-state index is -0.447. The molecule has 0 bridgehead atoms. The summed E-state index contributed by atoms with van der Waals surface area (Å²) >= 11 is 9.64. The quantitative estimate of drug-likeness (QED) is 0.194. The Kier molecular flexibility index (Phi) is 6.65. The molecule has 2 aliphatic rings. The number of nitrogens with one attached hydrogen (secondary N) is 1. The number of hydrogen-bond donors (Lipinski definition) is 1. The molecule has 0 amide bonds. The average Bonchev–Trinajstić information content (AvgIpc) is 2.86. The third-order valence-electron chi connectivity index (χ3n) is 6.89. The normalized spacial score (nSPS) is 19.8. The highest BCUT2D eigenvalue weighted by molar-refractivity contribution is 9.10. The molecule has 37 heavy (non-hydrogen) atoms. The second kappa shape index (κ2) is 9.77. The van der Waals surface area contributed by atoms with Gasteiger partial charge in [-0.15, -0.1) is 0 Å². The minimum Gasteiger partial charge on any atom is -0.358 e. The molecule has 1 atom stereocenters. The van der Waals surface area contributed by atoms with E-state index in [1.165, 1.54) is 12.1 Å². The first-order valence-electron chi connectivity index (χ1n) is 11.9. The number of benzene rings is 3. The first-order chi connectivity index (χ1) is 17.6. The number of allylic oxidation sites excluding steroid dienone is 4. The van der Waals surface area contributed by atoms with E-state index in [-0.39, 0.29) is 17.4 Å². The van der Waals surface area contributed by atoms with Crippen molar-refractivity contribution in [2.24, 2.45) is 5.41 Å². The predicted molar refractivity (Wildman–Crippen MR) is 151 cm³/mol. The number of nitrogens with zero attached hydrogens (tertiary/aromatic N) is 1. The Morgan fingerprint density at radius 2 is 1.68 bits per heavy atom. The van der Waals surface area contributed by atoms with Crippen molar-refractivity contribution in [3.05, 3.63) is 132 Å². The molecule has 0 fully saturated rings. The maximum Gasteiger partial charge on any atom is 0.269 e. The fourth-order valence-corrected chi connectivity index (χ4v) is 5.36. The van der Waals surface area contributed by atoms with Gasteiger partial charge in [0.1, 0.15) is 0 Å². The number of halogens is 2. The van der Waals surface area contributed by atoms with E-state index in [1.54, 1.807) is 12.1 Å². The van der Waals surface area contributed by atoms with Crippen molar-refractivity contribution in [2.75, 3.05) is 0 Å². The zero-order chi connectivity index (χ0) is 26.3.